The number of pyridine rings is 1. The lowest BCUT2D eigenvalue weighted by atomic mass is 10.1. The highest BCUT2D eigenvalue weighted by Crippen LogP contribution is 2.19. The minimum Gasteiger partial charge on any atom is -0.392 e. The maximum absolute atomic E-state index is 9.35. The van der Waals surface area contributed by atoms with Crippen molar-refractivity contribution in [1.29, 1.82) is 5.26 Å². The molecule has 1 aromatic heterocycles. The van der Waals surface area contributed by atoms with Gasteiger partial charge in [-0.25, -0.2) is 4.98 Å². The number of nitrogens with zero attached hydrogens (tertiary/aromatic N) is 2. The summed E-state index contributed by atoms with van der Waals surface area (Å²) in [6.45, 7) is 1.99. The molecular weight excluding hydrogens is 240 g/mol. The van der Waals surface area contributed by atoms with Gasteiger partial charge in [0.1, 0.15) is 11.9 Å². The Labute approximate surface area is 111 Å². The van der Waals surface area contributed by atoms with Gasteiger partial charge in [-0.3, -0.25) is 0 Å². The van der Waals surface area contributed by atoms with Crippen molar-refractivity contribution in [3.05, 3.63) is 35.9 Å². The molecule has 0 saturated heterocycles. The first-order chi connectivity index (χ1) is 9.11. The Morgan fingerprint density at radius 2 is 2.21 bits per heavy atom. The van der Waals surface area contributed by atoms with E-state index < -0.39 is 12.1 Å². The van der Waals surface area contributed by atoms with Crippen molar-refractivity contribution >= 4 is 16.7 Å². The molecule has 2 rings (SSSR count). The molecule has 0 bridgehead atoms. The summed E-state index contributed by atoms with van der Waals surface area (Å²) in [6.07, 6.45) is -0.613. The molecule has 19 heavy (non-hydrogen) atoms. The predicted octanol–water partition coefficient (Wildman–Crippen LogP) is 1.23. The Bertz CT molecular complexity index is 618. The van der Waals surface area contributed by atoms with Crippen LogP contribution in [0.2, 0.25) is 0 Å². The van der Waals surface area contributed by atoms with Gasteiger partial charge in [0, 0.05) is 18.0 Å². The lowest BCUT2D eigenvalue weighted by Gasteiger charge is -2.16. The van der Waals surface area contributed by atoms with Crippen molar-refractivity contribution < 1.29 is 5.11 Å². The lowest BCUT2D eigenvalue weighted by molar-refractivity contribution is 0.168. The van der Waals surface area contributed by atoms with Gasteiger partial charge < -0.3 is 16.2 Å². The molecule has 0 aliphatic carbocycles. The van der Waals surface area contributed by atoms with Gasteiger partial charge >= 0.3 is 0 Å². The summed E-state index contributed by atoms with van der Waals surface area (Å²) in [5, 5.41) is 22.4. The first kappa shape index (κ1) is 13.3. The van der Waals surface area contributed by atoms with E-state index in [4.69, 9.17) is 11.0 Å². The maximum atomic E-state index is 9.35. The topological polar surface area (TPSA) is 95.0 Å². The van der Waals surface area contributed by atoms with Gasteiger partial charge in [0.05, 0.1) is 17.2 Å². The van der Waals surface area contributed by atoms with E-state index in [0.717, 1.165) is 10.9 Å². The summed E-state index contributed by atoms with van der Waals surface area (Å²) in [7, 11) is 0. The van der Waals surface area contributed by atoms with Crippen LogP contribution in [0.5, 0.6) is 0 Å². The van der Waals surface area contributed by atoms with Crippen molar-refractivity contribution in [3.63, 3.8) is 0 Å². The first-order valence-electron chi connectivity index (χ1n) is 6.09. The first-order valence-corrected chi connectivity index (χ1v) is 6.09. The number of nitrogens with two attached hydrogens (primary N) is 1. The van der Waals surface area contributed by atoms with Crippen LogP contribution in [0.15, 0.2) is 30.3 Å². The highest BCUT2D eigenvalue weighted by atomic mass is 16.3. The molecule has 0 aliphatic heterocycles. The highest BCUT2D eigenvalue weighted by molar-refractivity contribution is 5.82. The largest absolute Gasteiger partial charge is 0.392 e. The smallest absolute Gasteiger partial charge is 0.144 e. The summed E-state index contributed by atoms with van der Waals surface area (Å²) in [5.41, 5.74) is 7.03. The molecule has 0 radical (unpaired) electrons. The van der Waals surface area contributed by atoms with Gasteiger partial charge in [-0.2, -0.15) is 5.26 Å². The third-order valence-electron chi connectivity index (χ3n) is 2.97. The van der Waals surface area contributed by atoms with Crippen LogP contribution in [0.1, 0.15) is 12.5 Å². The average molecular weight is 256 g/mol. The molecule has 1 heterocycles. The summed E-state index contributed by atoms with van der Waals surface area (Å²) in [6, 6.07) is 11.1. The van der Waals surface area contributed by atoms with E-state index in [9.17, 15) is 5.11 Å². The van der Waals surface area contributed by atoms with E-state index in [0.29, 0.717) is 17.9 Å². The third kappa shape index (κ3) is 2.99. The number of benzene rings is 1. The number of anilines is 1. The van der Waals surface area contributed by atoms with Gasteiger partial charge in [0.15, 0.2) is 0 Å². The second-order valence-electron chi connectivity index (χ2n) is 4.47. The normalized spacial score (nSPS) is 13.8. The number of aromatic nitrogens is 1. The summed E-state index contributed by atoms with van der Waals surface area (Å²) in [4.78, 5) is 4.41. The van der Waals surface area contributed by atoms with Gasteiger partial charge in [0.2, 0.25) is 0 Å². The van der Waals surface area contributed by atoms with Crippen molar-refractivity contribution in [3.8, 4) is 6.07 Å². The van der Waals surface area contributed by atoms with Crippen molar-refractivity contribution in [2.75, 3.05) is 11.9 Å². The van der Waals surface area contributed by atoms with Crippen molar-refractivity contribution in [1.82, 2.24) is 4.98 Å². The van der Waals surface area contributed by atoms with Crippen LogP contribution in [-0.4, -0.2) is 28.8 Å². The van der Waals surface area contributed by atoms with E-state index in [1.54, 1.807) is 13.0 Å². The van der Waals surface area contributed by atoms with E-state index >= 15 is 0 Å². The Morgan fingerprint density at radius 3 is 2.89 bits per heavy atom. The van der Waals surface area contributed by atoms with Crippen molar-refractivity contribution in [2.45, 2.75) is 19.1 Å². The molecule has 2 aromatic rings. The molecule has 5 nitrogen and oxygen atoms in total. The van der Waals surface area contributed by atoms with E-state index in [-0.39, 0.29) is 0 Å². The number of rotatable bonds is 4. The number of aliphatic hydroxyl groups is 1. The van der Waals surface area contributed by atoms with Crippen LogP contribution < -0.4 is 11.1 Å². The fourth-order valence-electron chi connectivity index (χ4n) is 1.72. The standard InChI is InChI=1S/C14H16N4O/c1-9(19)12(16)8-17-14-11(7-15)6-10-4-2-3-5-13(10)18-14/h2-6,9,12,19H,8,16H2,1H3,(H,17,18). The molecule has 2 atom stereocenters. The number of hydrogen-bond donors (Lipinski definition) is 3. The zero-order valence-electron chi connectivity index (χ0n) is 10.7. The molecule has 0 saturated carbocycles. The fraction of sp³-hybridized carbons (Fsp3) is 0.286. The fourth-order valence-corrected chi connectivity index (χ4v) is 1.72. The van der Waals surface area contributed by atoms with E-state index in [1.807, 2.05) is 24.3 Å². The van der Waals surface area contributed by atoms with Gasteiger partial charge in [-0.05, 0) is 19.1 Å². The Balaban J connectivity index is 2.29. The maximum Gasteiger partial charge on any atom is 0.144 e. The molecule has 4 N–H and O–H groups in total. The van der Waals surface area contributed by atoms with Crippen LogP contribution in [0.4, 0.5) is 5.82 Å². The SMILES string of the molecule is CC(O)C(N)CNc1nc2ccccc2cc1C#N. The minimum absolute atomic E-state index is 0.359. The summed E-state index contributed by atoms with van der Waals surface area (Å²) < 4.78 is 0. The molecule has 0 spiro atoms. The van der Waals surface area contributed by atoms with Gasteiger partial charge in [0.25, 0.3) is 0 Å². The molecule has 5 heteroatoms. The van der Waals surface area contributed by atoms with Crippen LogP contribution in [-0.2, 0) is 0 Å². The Kier molecular flexibility index (Phi) is 3.95. The van der Waals surface area contributed by atoms with Crippen LogP contribution in [0.25, 0.3) is 10.9 Å². The number of nitrogens with one attached hydrogen (secondary N) is 1. The zero-order chi connectivity index (χ0) is 13.8. The van der Waals surface area contributed by atoms with Gasteiger partial charge in [-0.1, -0.05) is 18.2 Å². The number of hydrogen-bond acceptors (Lipinski definition) is 5. The molecule has 0 aliphatic rings. The monoisotopic (exact) mass is 256 g/mol. The van der Waals surface area contributed by atoms with Gasteiger partial charge in [-0.15, -0.1) is 0 Å². The number of fused-ring (bicyclic) bond motifs is 1. The quantitative estimate of drug-likeness (QED) is 0.764. The number of aliphatic hydroxyl groups excluding tert-OH is 1. The number of nitriles is 1. The highest BCUT2D eigenvalue weighted by Gasteiger charge is 2.11. The second-order valence-corrected chi connectivity index (χ2v) is 4.47. The Hall–Kier alpha value is -2.16. The Morgan fingerprint density at radius 1 is 1.47 bits per heavy atom. The average Bonchev–Trinajstić information content (AvgIpc) is 2.43. The molecule has 1 aromatic carbocycles. The van der Waals surface area contributed by atoms with Crippen LogP contribution in [0, 0.1) is 11.3 Å². The predicted molar refractivity (Wildman–Crippen MR) is 74.6 cm³/mol. The third-order valence-corrected chi connectivity index (χ3v) is 2.97. The molecular formula is C14H16N4O. The van der Waals surface area contributed by atoms with E-state index in [2.05, 4.69) is 16.4 Å². The minimum atomic E-state index is -0.613. The van der Waals surface area contributed by atoms with Crippen LogP contribution in [0.3, 0.4) is 0 Å². The van der Waals surface area contributed by atoms with Crippen molar-refractivity contribution in [2.24, 2.45) is 5.73 Å². The molecule has 0 amide bonds. The molecule has 98 valence electrons. The molecule has 0 fully saturated rings. The summed E-state index contributed by atoms with van der Waals surface area (Å²) >= 11 is 0. The second kappa shape index (κ2) is 5.65. The molecule has 2 unspecified atom stereocenters. The lowest BCUT2D eigenvalue weighted by Crippen LogP contribution is -2.38. The number of para-hydroxylation sites is 1. The van der Waals surface area contributed by atoms with E-state index in [1.165, 1.54) is 0 Å². The van der Waals surface area contributed by atoms with Crippen LogP contribution >= 0.6 is 0 Å². The summed E-state index contributed by atoms with van der Waals surface area (Å²) in [5.74, 6) is 0.498. The zero-order valence-corrected chi connectivity index (χ0v) is 10.7.